The van der Waals surface area contributed by atoms with Crippen LogP contribution in [0.1, 0.15) is 10.4 Å². The number of carbonyl (C=O) groups is 1. The Bertz CT molecular complexity index is 557. The number of ether oxygens (including phenoxy) is 1. The van der Waals surface area contributed by atoms with Gasteiger partial charge in [-0.25, -0.2) is 4.79 Å². The molecule has 9 heteroatoms. The molecule has 0 bridgehead atoms. The lowest BCUT2D eigenvalue weighted by Crippen LogP contribution is -2.32. The topological polar surface area (TPSA) is 125 Å². The summed E-state index contributed by atoms with van der Waals surface area (Å²) in [7, 11) is -2.48. The Morgan fingerprint density at radius 3 is 2.68 bits per heavy atom. The first kappa shape index (κ1) is 15.2. The minimum atomic E-state index is -3.90. The average Bonchev–Trinajstić information content (AvgIpc) is 2.31. The second-order valence-electron chi connectivity index (χ2n) is 3.53. The Kier molecular flexibility index (Phi) is 5.10. The van der Waals surface area contributed by atoms with Crippen molar-refractivity contribution in [3.63, 3.8) is 0 Å². The van der Waals surface area contributed by atoms with Crippen LogP contribution in [0.3, 0.4) is 0 Å². The summed E-state index contributed by atoms with van der Waals surface area (Å²) in [5.74, 6) is -1.60. The first-order valence-corrected chi connectivity index (χ1v) is 6.66. The summed E-state index contributed by atoms with van der Waals surface area (Å²) < 4.78 is 32.0. The standard InChI is InChI=1S/C10H14N2O6S/c1-18-5-4-11-19(16,17)12-8-6-7(10(14)15)2-3-9(8)13/h2-3,6,11-13H,4-5H2,1H3,(H,14,15). The van der Waals surface area contributed by atoms with Crippen LogP contribution >= 0.6 is 0 Å². The maximum Gasteiger partial charge on any atom is 0.335 e. The Hall–Kier alpha value is -1.84. The van der Waals surface area contributed by atoms with Gasteiger partial charge in [-0.1, -0.05) is 0 Å². The fourth-order valence-corrected chi connectivity index (χ4v) is 2.09. The van der Waals surface area contributed by atoms with Crippen molar-refractivity contribution in [3.8, 4) is 5.75 Å². The number of phenols is 1. The highest BCUT2D eigenvalue weighted by molar-refractivity contribution is 7.90. The molecule has 1 aromatic carbocycles. The average molecular weight is 290 g/mol. The van der Waals surface area contributed by atoms with Crippen LogP contribution < -0.4 is 9.44 Å². The molecule has 0 radical (unpaired) electrons. The zero-order chi connectivity index (χ0) is 14.5. The van der Waals surface area contributed by atoms with E-state index in [1.54, 1.807) is 0 Å². The van der Waals surface area contributed by atoms with Crippen molar-refractivity contribution in [1.29, 1.82) is 0 Å². The summed E-state index contributed by atoms with van der Waals surface area (Å²) in [4.78, 5) is 10.7. The second-order valence-corrected chi connectivity index (χ2v) is 5.03. The molecule has 1 rings (SSSR count). The lowest BCUT2D eigenvalue weighted by atomic mass is 10.2. The van der Waals surface area contributed by atoms with Gasteiger partial charge < -0.3 is 14.9 Å². The highest BCUT2D eigenvalue weighted by Gasteiger charge is 2.14. The van der Waals surface area contributed by atoms with E-state index in [0.29, 0.717) is 0 Å². The summed E-state index contributed by atoms with van der Waals surface area (Å²) in [6, 6.07) is 3.28. The van der Waals surface area contributed by atoms with E-state index in [0.717, 1.165) is 18.2 Å². The molecule has 4 N–H and O–H groups in total. The molecule has 0 saturated heterocycles. The summed E-state index contributed by atoms with van der Waals surface area (Å²) in [6.45, 7) is 0.229. The van der Waals surface area contributed by atoms with E-state index in [1.807, 2.05) is 4.72 Å². The lowest BCUT2D eigenvalue weighted by molar-refractivity contribution is 0.0697. The van der Waals surface area contributed by atoms with Crippen molar-refractivity contribution in [3.05, 3.63) is 23.8 Å². The van der Waals surface area contributed by atoms with Crippen LogP contribution in [0.25, 0.3) is 0 Å². The third-order valence-corrected chi connectivity index (χ3v) is 3.16. The number of carboxylic acids is 1. The molecule has 0 fully saturated rings. The molecule has 1 aromatic rings. The normalized spacial score (nSPS) is 11.2. The third kappa shape index (κ3) is 4.73. The molecule has 0 aliphatic rings. The summed E-state index contributed by atoms with van der Waals surface area (Å²) in [5, 5.41) is 18.3. The SMILES string of the molecule is COCCNS(=O)(=O)Nc1cc(C(=O)O)ccc1O. The van der Waals surface area contributed by atoms with E-state index < -0.39 is 16.2 Å². The molecule has 0 atom stereocenters. The van der Waals surface area contributed by atoms with Crippen LogP contribution in [0.15, 0.2) is 18.2 Å². The number of nitrogens with one attached hydrogen (secondary N) is 2. The van der Waals surface area contributed by atoms with Crippen LogP contribution in [0.4, 0.5) is 5.69 Å². The van der Waals surface area contributed by atoms with Gasteiger partial charge >= 0.3 is 5.97 Å². The van der Waals surface area contributed by atoms with Crippen molar-refractivity contribution in [2.45, 2.75) is 0 Å². The molecular formula is C10H14N2O6S. The monoisotopic (exact) mass is 290 g/mol. The fraction of sp³-hybridized carbons (Fsp3) is 0.300. The number of aromatic hydroxyl groups is 1. The third-order valence-electron chi connectivity index (χ3n) is 2.09. The van der Waals surface area contributed by atoms with Gasteiger partial charge in [0.25, 0.3) is 10.2 Å². The first-order chi connectivity index (χ1) is 8.85. The van der Waals surface area contributed by atoms with Crippen molar-refractivity contribution < 1.29 is 28.2 Å². The quantitative estimate of drug-likeness (QED) is 0.413. The van der Waals surface area contributed by atoms with Gasteiger partial charge in [0.15, 0.2) is 0 Å². The van der Waals surface area contributed by atoms with Crippen molar-refractivity contribution in [2.24, 2.45) is 0 Å². The summed E-state index contributed by atoms with van der Waals surface area (Å²) >= 11 is 0. The summed E-state index contributed by atoms with van der Waals surface area (Å²) in [5.41, 5.74) is -0.364. The zero-order valence-corrected chi connectivity index (χ0v) is 10.9. The van der Waals surface area contributed by atoms with Crippen LogP contribution in [0.2, 0.25) is 0 Å². The largest absolute Gasteiger partial charge is 0.506 e. The minimum absolute atomic E-state index is 0.0468. The number of carboxylic acid groups (broad SMARTS) is 1. The van der Waals surface area contributed by atoms with E-state index in [2.05, 4.69) is 9.46 Å². The predicted molar refractivity (Wildman–Crippen MR) is 67.5 cm³/mol. The smallest absolute Gasteiger partial charge is 0.335 e. The van der Waals surface area contributed by atoms with E-state index in [-0.39, 0.29) is 30.2 Å². The fourth-order valence-electron chi connectivity index (χ4n) is 1.21. The molecule has 0 heterocycles. The number of benzene rings is 1. The van der Waals surface area contributed by atoms with Crippen LogP contribution in [-0.2, 0) is 14.9 Å². The first-order valence-electron chi connectivity index (χ1n) is 5.18. The van der Waals surface area contributed by atoms with Gasteiger partial charge in [0.1, 0.15) is 5.75 Å². The number of phenolic OH excluding ortho intramolecular Hbond substituents is 1. The molecule has 0 unspecified atom stereocenters. The Morgan fingerprint density at radius 2 is 2.11 bits per heavy atom. The minimum Gasteiger partial charge on any atom is -0.506 e. The Morgan fingerprint density at radius 1 is 1.42 bits per heavy atom. The van der Waals surface area contributed by atoms with E-state index >= 15 is 0 Å². The maximum atomic E-state index is 11.6. The van der Waals surface area contributed by atoms with E-state index in [9.17, 15) is 18.3 Å². The zero-order valence-electron chi connectivity index (χ0n) is 10.1. The molecule has 8 nitrogen and oxygen atoms in total. The van der Waals surface area contributed by atoms with Gasteiger partial charge in [0.05, 0.1) is 17.9 Å². The van der Waals surface area contributed by atoms with Gasteiger partial charge in [-0.15, -0.1) is 0 Å². The molecule has 0 aliphatic heterocycles. The number of hydrogen-bond acceptors (Lipinski definition) is 5. The summed E-state index contributed by atoms with van der Waals surface area (Å²) in [6.07, 6.45) is 0. The van der Waals surface area contributed by atoms with Gasteiger partial charge in [-0.05, 0) is 18.2 Å². The van der Waals surface area contributed by atoms with Crippen LogP contribution in [0.5, 0.6) is 5.75 Å². The number of aromatic carboxylic acids is 1. The van der Waals surface area contributed by atoms with Crippen LogP contribution in [-0.4, -0.2) is 44.9 Å². The van der Waals surface area contributed by atoms with Crippen molar-refractivity contribution >= 4 is 21.9 Å². The van der Waals surface area contributed by atoms with Crippen molar-refractivity contribution in [1.82, 2.24) is 4.72 Å². The number of hydrogen-bond donors (Lipinski definition) is 4. The van der Waals surface area contributed by atoms with Gasteiger partial charge in [0, 0.05) is 13.7 Å². The van der Waals surface area contributed by atoms with E-state index in [1.165, 1.54) is 7.11 Å². The number of rotatable bonds is 7. The molecule has 0 aromatic heterocycles. The molecule has 0 spiro atoms. The second kappa shape index (κ2) is 6.36. The number of methoxy groups -OCH3 is 1. The maximum absolute atomic E-state index is 11.6. The highest BCUT2D eigenvalue weighted by Crippen LogP contribution is 2.24. The predicted octanol–water partition coefficient (Wildman–Crippen LogP) is -0.0169. The van der Waals surface area contributed by atoms with Crippen molar-refractivity contribution in [2.75, 3.05) is 25.0 Å². The molecule has 0 aliphatic carbocycles. The molecule has 106 valence electrons. The molecule has 0 saturated carbocycles. The highest BCUT2D eigenvalue weighted by atomic mass is 32.2. The molecular weight excluding hydrogens is 276 g/mol. The lowest BCUT2D eigenvalue weighted by Gasteiger charge is -2.10. The Labute approximate surface area is 110 Å². The van der Waals surface area contributed by atoms with Gasteiger partial charge in [0.2, 0.25) is 0 Å². The van der Waals surface area contributed by atoms with Gasteiger partial charge in [-0.3, -0.25) is 4.72 Å². The molecule has 0 amide bonds. The number of anilines is 1. The van der Waals surface area contributed by atoms with Crippen LogP contribution in [0, 0.1) is 0 Å². The van der Waals surface area contributed by atoms with E-state index in [4.69, 9.17) is 5.11 Å². The Balaban J connectivity index is 2.86. The van der Waals surface area contributed by atoms with Gasteiger partial charge in [-0.2, -0.15) is 13.1 Å². The molecule has 19 heavy (non-hydrogen) atoms.